The Kier molecular flexibility index (Phi) is 4.59. The first-order valence-corrected chi connectivity index (χ1v) is 6.42. The maximum atomic E-state index is 6.16. The van der Waals surface area contributed by atoms with Crippen molar-refractivity contribution in [2.24, 2.45) is 0 Å². The van der Waals surface area contributed by atoms with Crippen molar-refractivity contribution >= 4 is 23.2 Å². The van der Waals surface area contributed by atoms with Crippen molar-refractivity contribution in [1.29, 1.82) is 0 Å². The van der Waals surface area contributed by atoms with Gasteiger partial charge in [0.15, 0.2) is 0 Å². The Hall–Kier alpha value is -1.09. The fourth-order valence-electron chi connectivity index (χ4n) is 1.80. The minimum absolute atomic E-state index is 0.667. The van der Waals surface area contributed by atoms with Gasteiger partial charge in [-0.15, -0.1) is 0 Å². The molecule has 0 bridgehead atoms. The topological polar surface area (TPSA) is 16.1 Å². The largest absolute Gasteiger partial charge is 0.298 e. The van der Waals surface area contributed by atoms with Crippen LogP contribution in [0.5, 0.6) is 0 Å². The predicted octanol–water partition coefficient (Wildman–Crippen LogP) is 4.02. The summed E-state index contributed by atoms with van der Waals surface area (Å²) in [5, 5.41) is 1.38. The average Bonchev–Trinajstić information content (AvgIpc) is 2.34. The quantitative estimate of drug-likeness (QED) is 0.841. The van der Waals surface area contributed by atoms with Crippen LogP contribution in [-0.2, 0) is 13.1 Å². The third kappa shape index (κ3) is 3.70. The first-order chi connectivity index (χ1) is 8.65. The molecular weight excluding hydrogens is 267 g/mol. The number of hydrogen-bond donors (Lipinski definition) is 0. The number of pyridine rings is 1. The summed E-state index contributed by atoms with van der Waals surface area (Å²) in [5.74, 6) is 0. The summed E-state index contributed by atoms with van der Waals surface area (Å²) >= 11 is 12.0. The smallest absolute Gasteiger partial charge is 0.0465 e. The van der Waals surface area contributed by atoms with Crippen LogP contribution in [0.3, 0.4) is 0 Å². The maximum Gasteiger partial charge on any atom is 0.0465 e. The van der Waals surface area contributed by atoms with E-state index in [0.29, 0.717) is 10.0 Å². The third-order valence-corrected chi connectivity index (χ3v) is 3.24. The number of hydrogen-bond acceptors (Lipinski definition) is 2. The van der Waals surface area contributed by atoms with Crippen LogP contribution in [0, 0.1) is 0 Å². The van der Waals surface area contributed by atoms with Crippen LogP contribution in [0.1, 0.15) is 11.1 Å². The van der Waals surface area contributed by atoms with E-state index in [2.05, 4.69) is 16.9 Å². The summed E-state index contributed by atoms with van der Waals surface area (Å²) in [6.45, 7) is 1.65. The van der Waals surface area contributed by atoms with Gasteiger partial charge in [0.25, 0.3) is 0 Å². The minimum atomic E-state index is 0.667. The molecule has 1 aromatic carbocycles. The highest BCUT2D eigenvalue weighted by molar-refractivity contribution is 6.35. The lowest BCUT2D eigenvalue weighted by molar-refractivity contribution is 0.319. The molecule has 0 unspecified atom stereocenters. The molecule has 4 heteroatoms. The van der Waals surface area contributed by atoms with Gasteiger partial charge in [0.2, 0.25) is 0 Å². The van der Waals surface area contributed by atoms with Gasteiger partial charge in [-0.1, -0.05) is 29.3 Å². The summed E-state index contributed by atoms with van der Waals surface area (Å²) < 4.78 is 0. The van der Waals surface area contributed by atoms with E-state index < -0.39 is 0 Å². The summed E-state index contributed by atoms with van der Waals surface area (Å²) in [7, 11) is 2.06. The van der Waals surface area contributed by atoms with Crippen molar-refractivity contribution in [3.8, 4) is 0 Å². The molecule has 0 aliphatic carbocycles. The van der Waals surface area contributed by atoms with Crippen molar-refractivity contribution in [3.05, 3.63) is 63.9 Å². The molecule has 18 heavy (non-hydrogen) atoms. The molecule has 94 valence electrons. The zero-order valence-corrected chi connectivity index (χ0v) is 11.6. The van der Waals surface area contributed by atoms with E-state index in [9.17, 15) is 0 Å². The fourth-order valence-corrected chi connectivity index (χ4v) is 2.26. The lowest BCUT2D eigenvalue weighted by atomic mass is 10.2. The van der Waals surface area contributed by atoms with Crippen LogP contribution in [0.4, 0.5) is 0 Å². The highest BCUT2D eigenvalue weighted by Crippen LogP contribution is 2.22. The molecule has 0 amide bonds. The van der Waals surface area contributed by atoms with Gasteiger partial charge in [-0.2, -0.15) is 0 Å². The normalized spacial score (nSPS) is 10.9. The van der Waals surface area contributed by atoms with Crippen LogP contribution < -0.4 is 0 Å². The Morgan fingerprint density at radius 1 is 1.06 bits per heavy atom. The second-order valence-electron chi connectivity index (χ2n) is 4.26. The minimum Gasteiger partial charge on any atom is -0.298 e. The van der Waals surface area contributed by atoms with Crippen LogP contribution in [0.15, 0.2) is 42.7 Å². The number of nitrogens with zero attached hydrogens (tertiary/aromatic N) is 2. The molecule has 0 N–H and O–H groups in total. The fraction of sp³-hybridized carbons (Fsp3) is 0.214. The molecule has 0 atom stereocenters. The molecule has 0 saturated heterocycles. The van der Waals surface area contributed by atoms with Crippen molar-refractivity contribution in [1.82, 2.24) is 9.88 Å². The van der Waals surface area contributed by atoms with E-state index in [0.717, 1.165) is 18.7 Å². The molecule has 0 aliphatic heterocycles. The van der Waals surface area contributed by atoms with Gasteiger partial charge in [0.1, 0.15) is 0 Å². The molecule has 2 aromatic rings. The molecule has 0 radical (unpaired) electrons. The first kappa shape index (κ1) is 13.3. The van der Waals surface area contributed by atoms with Gasteiger partial charge >= 0.3 is 0 Å². The van der Waals surface area contributed by atoms with Crippen molar-refractivity contribution in [2.45, 2.75) is 13.1 Å². The molecule has 1 heterocycles. The number of aromatic nitrogens is 1. The van der Waals surface area contributed by atoms with Gasteiger partial charge in [-0.25, -0.2) is 0 Å². The molecular formula is C14H14Cl2N2. The molecule has 0 spiro atoms. The molecule has 1 aromatic heterocycles. The van der Waals surface area contributed by atoms with E-state index in [1.807, 2.05) is 24.3 Å². The predicted molar refractivity (Wildman–Crippen MR) is 75.9 cm³/mol. The van der Waals surface area contributed by atoms with Crippen LogP contribution in [-0.4, -0.2) is 16.9 Å². The molecule has 2 rings (SSSR count). The van der Waals surface area contributed by atoms with Crippen molar-refractivity contribution in [2.75, 3.05) is 7.05 Å². The number of benzene rings is 1. The second-order valence-corrected chi connectivity index (χ2v) is 5.11. The highest BCUT2D eigenvalue weighted by atomic mass is 35.5. The van der Waals surface area contributed by atoms with E-state index in [1.165, 1.54) is 5.56 Å². The zero-order chi connectivity index (χ0) is 13.0. The Morgan fingerprint density at radius 3 is 2.44 bits per heavy atom. The number of rotatable bonds is 4. The summed E-state index contributed by atoms with van der Waals surface area (Å²) in [5.41, 5.74) is 2.32. The van der Waals surface area contributed by atoms with Gasteiger partial charge < -0.3 is 0 Å². The summed E-state index contributed by atoms with van der Waals surface area (Å²) in [6, 6.07) is 9.63. The van der Waals surface area contributed by atoms with Crippen molar-refractivity contribution in [3.63, 3.8) is 0 Å². The Balaban J connectivity index is 2.01. The summed E-state index contributed by atoms with van der Waals surface area (Å²) in [4.78, 5) is 6.21. The third-order valence-electron chi connectivity index (χ3n) is 2.66. The van der Waals surface area contributed by atoms with E-state index in [-0.39, 0.29) is 0 Å². The lowest BCUT2D eigenvalue weighted by Crippen LogP contribution is -2.17. The lowest BCUT2D eigenvalue weighted by Gasteiger charge is -2.17. The molecule has 0 fully saturated rings. The first-order valence-electron chi connectivity index (χ1n) is 5.66. The Bertz CT molecular complexity index is 514. The Morgan fingerprint density at radius 2 is 1.78 bits per heavy atom. The second kappa shape index (κ2) is 6.19. The van der Waals surface area contributed by atoms with Crippen LogP contribution >= 0.6 is 23.2 Å². The SMILES string of the molecule is CN(Cc1ccncc1)Cc1ccc(Cl)cc1Cl. The van der Waals surface area contributed by atoms with Crippen LogP contribution in [0.25, 0.3) is 0 Å². The van der Waals surface area contributed by atoms with Gasteiger partial charge in [0, 0.05) is 35.5 Å². The monoisotopic (exact) mass is 280 g/mol. The van der Waals surface area contributed by atoms with Gasteiger partial charge in [-0.05, 0) is 42.4 Å². The Labute approximate surface area is 117 Å². The number of halogens is 2. The van der Waals surface area contributed by atoms with E-state index >= 15 is 0 Å². The molecule has 2 nitrogen and oxygen atoms in total. The van der Waals surface area contributed by atoms with Gasteiger partial charge in [-0.3, -0.25) is 9.88 Å². The van der Waals surface area contributed by atoms with E-state index in [1.54, 1.807) is 18.5 Å². The average molecular weight is 281 g/mol. The highest BCUT2D eigenvalue weighted by Gasteiger charge is 2.05. The molecule has 0 aliphatic rings. The van der Waals surface area contributed by atoms with Crippen molar-refractivity contribution < 1.29 is 0 Å². The summed E-state index contributed by atoms with van der Waals surface area (Å²) in [6.07, 6.45) is 3.61. The standard InChI is InChI=1S/C14H14Cl2N2/c1-18(9-11-4-6-17-7-5-11)10-12-2-3-13(15)8-14(12)16/h2-8H,9-10H2,1H3. The zero-order valence-electron chi connectivity index (χ0n) is 10.1. The molecule has 0 saturated carbocycles. The van der Waals surface area contributed by atoms with E-state index in [4.69, 9.17) is 23.2 Å². The van der Waals surface area contributed by atoms with Gasteiger partial charge in [0.05, 0.1) is 0 Å². The van der Waals surface area contributed by atoms with Crippen LogP contribution in [0.2, 0.25) is 10.0 Å². The maximum absolute atomic E-state index is 6.16.